The summed E-state index contributed by atoms with van der Waals surface area (Å²) in [6.45, 7) is 4.93. The van der Waals surface area contributed by atoms with Crippen molar-refractivity contribution in [2.24, 2.45) is 16.6 Å². The Kier molecular flexibility index (Phi) is 5.56. The molecule has 1 fully saturated rings. The lowest BCUT2D eigenvalue weighted by Crippen LogP contribution is -2.42. The molecule has 1 aliphatic rings. The van der Waals surface area contributed by atoms with Crippen molar-refractivity contribution >= 4 is 5.96 Å². The molecule has 21 heavy (non-hydrogen) atoms. The third kappa shape index (κ3) is 4.43. The molecule has 0 atom stereocenters. The molecule has 0 saturated carbocycles. The minimum atomic E-state index is -0.248. The second-order valence-electron chi connectivity index (χ2n) is 5.70. The smallest absolute Gasteiger partial charge is 0.191 e. The molecule has 1 aromatic rings. The van der Waals surface area contributed by atoms with Crippen LogP contribution in [0.2, 0.25) is 0 Å². The van der Waals surface area contributed by atoms with Gasteiger partial charge in [-0.1, -0.05) is 13.0 Å². The molecule has 4 nitrogen and oxygen atoms in total. The third-order valence-corrected chi connectivity index (χ3v) is 3.94. The number of piperidine rings is 1. The van der Waals surface area contributed by atoms with E-state index >= 15 is 0 Å². The van der Waals surface area contributed by atoms with Crippen LogP contribution in [0.15, 0.2) is 23.2 Å². The van der Waals surface area contributed by atoms with Crippen molar-refractivity contribution in [1.29, 1.82) is 0 Å². The summed E-state index contributed by atoms with van der Waals surface area (Å²) in [6.07, 6.45) is 2.31. The number of guanidine groups is 1. The molecule has 1 aliphatic heterocycles. The van der Waals surface area contributed by atoms with Gasteiger partial charge in [0, 0.05) is 25.8 Å². The molecule has 0 unspecified atom stereocenters. The Bertz CT molecular complexity index is 496. The highest BCUT2D eigenvalue weighted by Gasteiger charge is 2.16. The highest BCUT2D eigenvalue weighted by molar-refractivity contribution is 5.78. The van der Waals surface area contributed by atoms with Crippen LogP contribution in [0.1, 0.15) is 30.9 Å². The van der Waals surface area contributed by atoms with Gasteiger partial charge in [0.2, 0.25) is 0 Å². The number of nitrogens with zero attached hydrogens (tertiary/aromatic N) is 2. The lowest BCUT2D eigenvalue weighted by atomic mass is 10.00. The summed E-state index contributed by atoms with van der Waals surface area (Å²) in [5, 5.41) is 0. The highest BCUT2D eigenvalue weighted by atomic mass is 19.1. The first kappa shape index (κ1) is 15.8. The lowest BCUT2D eigenvalue weighted by molar-refractivity contribution is 0.181. The van der Waals surface area contributed by atoms with E-state index < -0.39 is 0 Å². The molecule has 0 aliphatic carbocycles. The molecule has 2 rings (SSSR count). The van der Waals surface area contributed by atoms with Gasteiger partial charge in [0.15, 0.2) is 5.96 Å². The average molecular weight is 293 g/mol. The summed E-state index contributed by atoms with van der Waals surface area (Å²) in [5.74, 6) is 1.10. The van der Waals surface area contributed by atoms with E-state index in [-0.39, 0.29) is 12.4 Å². The van der Waals surface area contributed by atoms with E-state index in [2.05, 4.69) is 16.8 Å². The molecule has 0 aromatic heterocycles. The second kappa shape index (κ2) is 7.41. The number of halogens is 1. The van der Waals surface area contributed by atoms with E-state index in [1.54, 1.807) is 19.2 Å². The van der Waals surface area contributed by atoms with Gasteiger partial charge in [-0.25, -0.2) is 9.38 Å². The van der Waals surface area contributed by atoms with E-state index in [1.165, 1.54) is 6.07 Å². The van der Waals surface area contributed by atoms with Crippen LogP contribution in [0.5, 0.6) is 0 Å². The van der Waals surface area contributed by atoms with Crippen LogP contribution in [0.25, 0.3) is 0 Å². The molecule has 5 heteroatoms. The number of aliphatic imine (C=N–C) groups is 1. The van der Waals surface area contributed by atoms with Crippen LogP contribution >= 0.6 is 0 Å². The minimum Gasteiger partial charge on any atom is -0.380 e. The number of rotatable bonds is 4. The number of likely N-dealkylation sites (tertiary alicyclic amines) is 1. The standard InChI is InChI=1S/C16H24FN3O/c1-12-5-7-20(8-6-12)16(18)19-10-13-3-4-15(17)14(9-13)11-21-2/h3-4,9,12H,5-8,10-11H2,1-2H3,(H2,18,19). The Morgan fingerprint density at radius 2 is 2.14 bits per heavy atom. The fourth-order valence-corrected chi connectivity index (χ4v) is 2.50. The first-order chi connectivity index (χ1) is 10.1. The fourth-order valence-electron chi connectivity index (χ4n) is 2.50. The van der Waals surface area contributed by atoms with E-state index in [0.717, 1.165) is 37.4 Å². The van der Waals surface area contributed by atoms with Gasteiger partial charge < -0.3 is 15.4 Å². The van der Waals surface area contributed by atoms with Gasteiger partial charge in [-0.2, -0.15) is 0 Å². The van der Waals surface area contributed by atoms with Gasteiger partial charge in [-0.05, 0) is 36.5 Å². The maximum Gasteiger partial charge on any atom is 0.191 e. The normalized spacial score (nSPS) is 17.3. The van der Waals surface area contributed by atoms with Gasteiger partial charge >= 0.3 is 0 Å². The highest BCUT2D eigenvalue weighted by Crippen LogP contribution is 2.16. The van der Waals surface area contributed by atoms with Crippen LogP contribution < -0.4 is 5.73 Å². The Morgan fingerprint density at radius 1 is 1.43 bits per heavy atom. The van der Waals surface area contributed by atoms with Crippen LogP contribution in [0, 0.1) is 11.7 Å². The number of hydrogen-bond acceptors (Lipinski definition) is 2. The molecule has 1 heterocycles. The van der Waals surface area contributed by atoms with Gasteiger partial charge in [0.1, 0.15) is 5.82 Å². The van der Waals surface area contributed by atoms with Crippen molar-refractivity contribution in [3.8, 4) is 0 Å². The van der Waals surface area contributed by atoms with Gasteiger partial charge in [-0.15, -0.1) is 0 Å². The van der Waals surface area contributed by atoms with Crippen LogP contribution in [0.4, 0.5) is 4.39 Å². The Hall–Kier alpha value is -1.62. The second-order valence-corrected chi connectivity index (χ2v) is 5.70. The van der Waals surface area contributed by atoms with Crippen LogP contribution in [-0.2, 0) is 17.9 Å². The Morgan fingerprint density at radius 3 is 2.81 bits per heavy atom. The largest absolute Gasteiger partial charge is 0.380 e. The minimum absolute atomic E-state index is 0.248. The Labute approximate surface area is 125 Å². The van der Waals surface area contributed by atoms with Crippen molar-refractivity contribution < 1.29 is 9.13 Å². The monoisotopic (exact) mass is 293 g/mol. The predicted molar refractivity (Wildman–Crippen MR) is 82.4 cm³/mol. The van der Waals surface area contributed by atoms with E-state index in [4.69, 9.17) is 10.5 Å². The summed E-state index contributed by atoms with van der Waals surface area (Å²) in [6, 6.07) is 4.98. The van der Waals surface area contributed by atoms with Gasteiger partial charge in [0.25, 0.3) is 0 Å². The van der Waals surface area contributed by atoms with E-state index in [0.29, 0.717) is 18.1 Å². The molecular weight excluding hydrogens is 269 g/mol. The zero-order valence-corrected chi connectivity index (χ0v) is 12.8. The van der Waals surface area contributed by atoms with Crippen molar-refractivity contribution in [3.05, 3.63) is 35.1 Å². The molecule has 0 spiro atoms. The maximum absolute atomic E-state index is 13.5. The molecule has 116 valence electrons. The lowest BCUT2D eigenvalue weighted by Gasteiger charge is -2.31. The summed E-state index contributed by atoms with van der Waals surface area (Å²) >= 11 is 0. The van der Waals surface area contributed by atoms with Gasteiger partial charge in [0.05, 0.1) is 13.2 Å². The van der Waals surface area contributed by atoms with Crippen molar-refractivity contribution in [1.82, 2.24) is 4.90 Å². The third-order valence-electron chi connectivity index (χ3n) is 3.94. The number of hydrogen-bond donors (Lipinski definition) is 1. The SMILES string of the molecule is COCc1cc(CN=C(N)N2CCC(C)CC2)ccc1F. The molecule has 1 aromatic carbocycles. The summed E-state index contributed by atoms with van der Waals surface area (Å²) < 4.78 is 18.5. The zero-order valence-electron chi connectivity index (χ0n) is 12.8. The summed E-state index contributed by atoms with van der Waals surface area (Å²) in [7, 11) is 1.56. The molecule has 0 amide bonds. The molecule has 1 saturated heterocycles. The van der Waals surface area contributed by atoms with Crippen molar-refractivity contribution in [3.63, 3.8) is 0 Å². The van der Waals surface area contributed by atoms with Crippen LogP contribution in [-0.4, -0.2) is 31.1 Å². The molecule has 0 radical (unpaired) electrons. The average Bonchev–Trinajstić information content (AvgIpc) is 2.48. The number of benzene rings is 1. The quantitative estimate of drug-likeness (QED) is 0.685. The molecule has 2 N–H and O–H groups in total. The maximum atomic E-state index is 13.5. The first-order valence-corrected chi connectivity index (χ1v) is 7.41. The van der Waals surface area contributed by atoms with Crippen LogP contribution in [0.3, 0.4) is 0 Å². The van der Waals surface area contributed by atoms with Gasteiger partial charge in [-0.3, -0.25) is 0 Å². The van der Waals surface area contributed by atoms with E-state index in [1.807, 2.05) is 0 Å². The number of methoxy groups -OCH3 is 1. The predicted octanol–water partition coefficient (Wildman–Crippen LogP) is 2.52. The topological polar surface area (TPSA) is 50.9 Å². The molecular formula is C16H24FN3O. The zero-order chi connectivity index (χ0) is 15.2. The summed E-state index contributed by atoms with van der Waals surface area (Å²) in [5.41, 5.74) is 7.54. The van der Waals surface area contributed by atoms with Crippen molar-refractivity contribution in [2.75, 3.05) is 20.2 Å². The number of nitrogens with two attached hydrogens (primary N) is 1. The number of ether oxygens (including phenoxy) is 1. The van der Waals surface area contributed by atoms with E-state index in [9.17, 15) is 4.39 Å². The van der Waals surface area contributed by atoms with Crippen molar-refractivity contribution in [2.45, 2.75) is 32.9 Å². The fraction of sp³-hybridized carbons (Fsp3) is 0.562. The summed E-state index contributed by atoms with van der Waals surface area (Å²) in [4.78, 5) is 6.56. The molecule has 0 bridgehead atoms. The Balaban J connectivity index is 1.98. The first-order valence-electron chi connectivity index (χ1n) is 7.41.